The fourth-order valence-corrected chi connectivity index (χ4v) is 6.45. The molecule has 7 rings (SSSR count). The van der Waals surface area contributed by atoms with Crippen LogP contribution in [0.5, 0.6) is 5.75 Å². The number of aliphatic hydroxyl groups is 1. The lowest BCUT2D eigenvalue weighted by atomic mass is 9.44. The highest BCUT2D eigenvalue weighted by Gasteiger charge is 2.70. The third kappa shape index (κ3) is 4.52. The van der Waals surface area contributed by atoms with Crippen LogP contribution in [-0.4, -0.2) is 69.3 Å². The fourth-order valence-electron chi connectivity index (χ4n) is 6.27. The summed E-state index contributed by atoms with van der Waals surface area (Å²) in [6.07, 6.45) is -0.644. The molecule has 204 valence electrons. The average molecular weight is 555 g/mol. The molecule has 3 heterocycles. The Bertz CT molecular complexity index is 1260. The van der Waals surface area contributed by atoms with Gasteiger partial charge >= 0.3 is 6.36 Å². The van der Waals surface area contributed by atoms with Crippen LogP contribution in [0.15, 0.2) is 30.6 Å². The molecule has 4 fully saturated rings. The van der Waals surface area contributed by atoms with Gasteiger partial charge in [-0.05, 0) is 43.9 Å². The van der Waals surface area contributed by atoms with Crippen molar-refractivity contribution in [3.05, 3.63) is 46.7 Å². The lowest BCUT2D eigenvalue weighted by Gasteiger charge is -2.70. The Morgan fingerprint density at radius 3 is 2.79 bits per heavy atom. The van der Waals surface area contributed by atoms with Gasteiger partial charge < -0.3 is 20.1 Å². The maximum absolute atomic E-state index is 12.9. The first kappa shape index (κ1) is 25.4. The van der Waals surface area contributed by atoms with Gasteiger partial charge in [-0.1, -0.05) is 11.6 Å². The SMILES string of the molecule is O=C(NC12CC(n3cc(C(=O)N4CC[C@@H](COC(F)(F)F)C4)cn3)(C1)C2)[C@H]1C[C@@H](O)c2cc(Cl)ccc2O1. The number of benzene rings is 1. The van der Waals surface area contributed by atoms with Crippen LogP contribution in [0.2, 0.25) is 5.02 Å². The van der Waals surface area contributed by atoms with E-state index in [9.17, 15) is 27.9 Å². The van der Waals surface area contributed by atoms with Gasteiger partial charge in [-0.3, -0.25) is 19.0 Å². The maximum atomic E-state index is 12.9. The van der Waals surface area contributed by atoms with Gasteiger partial charge in [0.05, 0.1) is 30.0 Å². The van der Waals surface area contributed by atoms with Gasteiger partial charge in [-0.25, -0.2) is 0 Å². The van der Waals surface area contributed by atoms with E-state index >= 15 is 0 Å². The summed E-state index contributed by atoms with van der Waals surface area (Å²) in [4.78, 5) is 27.4. The zero-order valence-corrected chi connectivity index (χ0v) is 21.0. The number of rotatable bonds is 6. The quantitative estimate of drug-likeness (QED) is 0.568. The topological polar surface area (TPSA) is 106 Å². The predicted molar refractivity (Wildman–Crippen MR) is 126 cm³/mol. The van der Waals surface area contributed by atoms with E-state index in [4.69, 9.17) is 16.3 Å². The molecule has 13 heteroatoms. The molecule has 1 aromatic heterocycles. The summed E-state index contributed by atoms with van der Waals surface area (Å²) in [6.45, 7) is 0.108. The average Bonchev–Trinajstić information content (AvgIpc) is 3.48. The van der Waals surface area contributed by atoms with E-state index in [-0.39, 0.29) is 41.8 Å². The van der Waals surface area contributed by atoms with Crippen LogP contribution < -0.4 is 10.1 Å². The molecule has 2 N–H and O–H groups in total. The molecule has 0 radical (unpaired) electrons. The summed E-state index contributed by atoms with van der Waals surface area (Å²) in [5.74, 6) is -0.479. The standard InChI is InChI=1S/C25H26ClF3N4O5/c26-16-1-2-19-17(5-16)18(34)6-20(38-19)21(35)31-23-11-24(12-23,13-23)33-9-15(7-30-33)22(36)32-4-3-14(8-32)10-37-25(27,28)29/h1-2,5,7,9,14,18,20,34H,3-4,6,8,10-13H2,(H,31,35)/t14-,18-,20-,23?,24?/m1/s1. The molecule has 2 bridgehead atoms. The monoisotopic (exact) mass is 554 g/mol. The Kier molecular flexibility index (Phi) is 5.93. The van der Waals surface area contributed by atoms with Crippen LogP contribution in [0.4, 0.5) is 13.2 Å². The highest BCUT2D eigenvalue weighted by atomic mass is 35.5. The van der Waals surface area contributed by atoms with E-state index in [1.807, 2.05) is 0 Å². The Morgan fingerprint density at radius 2 is 2.05 bits per heavy atom. The Hall–Kier alpha value is -2.83. The number of fused-ring (bicyclic) bond motifs is 1. The van der Waals surface area contributed by atoms with Gasteiger partial charge in [0.25, 0.3) is 11.8 Å². The third-order valence-corrected chi connectivity index (χ3v) is 8.33. The minimum absolute atomic E-state index is 0.130. The minimum atomic E-state index is -4.68. The number of nitrogens with zero attached hydrogens (tertiary/aromatic N) is 3. The molecule has 1 saturated heterocycles. The summed E-state index contributed by atoms with van der Waals surface area (Å²) in [5.41, 5.74) is 0.293. The number of hydrogen-bond acceptors (Lipinski definition) is 6. The van der Waals surface area contributed by atoms with Crippen molar-refractivity contribution in [2.24, 2.45) is 5.92 Å². The molecule has 9 nitrogen and oxygen atoms in total. The van der Waals surface area contributed by atoms with Crippen LogP contribution in [-0.2, 0) is 15.1 Å². The first-order chi connectivity index (χ1) is 17.9. The minimum Gasteiger partial charge on any atom is -0.480 e. The maximum Gasteiger partial charge on any atom is 0.522 e. The van der Waals surface area contributed by atoms with Crippen molar-refractivity contribution in [1.82, 2.24) is 20.0 Å². The van der Waals surface area contributed by atoms with Gasteiger partial charge in [0.15, 0.2) is 6.10 Å². The van der Waals surface area contributed by atoms with Crippen molar-refractivity contribution >= 4 is 23.4 Å². The Labute approximate surface area is 220 Å². The first-order valence-corrected chi connectivity index (χ1v) is 12.8. The number of carbonyl (C=O) groups is 2. The molecule has 2 aliphatic heterocycles. The number of carbonyl (C=O) groups excluding carboxylic acids is 2. The van der Waals surface area contributed by atoms with E-state index in [0.29, 0.717) is 54.1 Å². The van der Waals surface area contributed by atoms with E-state index in [2.05, 4.69) is 15.2 Å². The zero-order valence-electron chi connectivity index (χ0n) is 20.2. The molecule has 3 atom stereocenters. The summed E-state index contributed by atoms with van der Waals surface area (Å²) >= 11 is 5.99. The molecule has 2 amide bonds. The number of nitrogens with one attached hydrogen (secondary N) is 1. The highest BCUT2D eigenvalue weighted by molar-refractivity contribution is 6.30. The van der Waals surface area contributed by atoms with Gasteiger partial charge in [0.1, 0.15) is 5.75 Å². The van der Waals surface area contributed by atoms with Crippen molar-refractivity contribution in [3.8, 4) is 5.75 Å². The van der Waals surface area contributed by atoms with E-state index in [0.717, 1.165) is 0 Å². The lowest BCUT2D eigenvalue weighted by Crippen LogP contribution is -2.79. The largest absolute Gasteiger partial charge is 0.522 e. The first-order valence-electron chi connectivity index (χ1n) is 12.5. The molecule has 38 heavy (non-hydrogen) atoms. The van der Waals surface area contributed by atoms with Crippen LogP contribution in [0.1, 0.15) is 54.1 Å². The van der Waals surface area contributed by atoms with Crippen LogP contribution >= 0.6 is 11.6 Å². The molecular weight excluding hydrogens is 529 g/mol. The van der Waals surface area contributed by atoms with Gasteiger partial charge in [0, 0.05) is 47.8 Å². The van der Waals surface area contributed by atoms with Crippen molar-refractivity contribution in [2.45, 2.75) is 61.8 Å². The molecule has 1 aromatic carbocycles. The second-order valence-corrected chi connectivity index (χ2v) is 11.3. The number of amides is 2. The van der Waals surface area contributed by atoms with Crippen molar-refractivity contribution < 1.29 is 37.3 Å². The summed E-state index contributed by atoms with van der Waals surface area (Å²) in [5, 5.41) is 18.4. The van der Waals surface area contributed by atoms with Crippen molar-refractivity contribution in [1.29, 1.82) is 0 Å². The smallest absolute Gasteiger partial charge is 0.480 e. The molecule has 3 saturated carbocycles. The van der Waals surface area contributed by atoms with Crippen LogP contribution in [0.25, 0.3) is 0 Å². The number of ether oxygens (including phenoxy) is 2. The number of likely N-dealkylation sites (tertiary alicyclic amines) is 1. The predicted octanol–water partition coefficient (Wildman–Crippen LogP) is 3.17. The molecule has 0 unspecified atom stereocenters. The zero-order chi connectivity index (χ0) is 26.9. The van der Waals surface area contributed by atoms with Crippen molar-refractivity contribution in [3.63, 3.8) is 0 Å². The summed E-state index contributed by atoms with van der Waals surface area (Å²) in [7, 11) is 0. The van der Waals surface area contributed by atoms with Crippen molar-refractivity contribution in [2.75, 3.05) is 19.7 Å². The second kappa shape index (κ2) is 8.85. The van der Waals surface area contributed by atoms with Crippen LogP contribution in [0, 0.1) is 5.92 Å². The number of alkyl halides is 3. The van der Waals surface area contributed by atoms with Gasteiger partial charge in [0.2, 0.25) is 0 Å². The van der Waals surface area contributed by atoms with Gasteiger partial charge in [-0.15, -0.1) is 13.2 Å². The summed E-state index contributed by atoms with van der Waals surface area (Å²) < 4.78 is 48.4. The molecule has 0 spiro atoms. The number of aliphatic hydroxyl groups excluding tert-OH is 1. The molecule has 3 aliphatic carbocycles. The third-order valence-electron chi connectivity index (χ3n) is 8.09. The van der Waals surface area contributed by atoms with E-state index < -0.39 is 25.2 Å². The molecule has 5 aliphatic rings. The van der Waals surface area contributed by atoms with Crippen LogP contribution in [0.3, 0.4) is 0 Å². The Morgan fingerprint density at radius 1 is 1.29 bits per heavy atom. The Balaban J connectivity index is 1.02. The second-order valence-electron chi connectivity index (χ2n) is 10.9. The normalized spacial score (nSPS) is 31.6. The number of aromatic nitrogens is 2. The van der Waals surface area contributed by atoms with Gasteiger partial charge in [-0.2, -0.15) is 5.10 Å². The molecule has 2 aromatic rings. The van der Waals surface area contributed by atoms with E-state index in [1.54, 1.807) is 29.1 Å². The van der Waals surface area contributed by atoms with E-state index in [1.165, 1.54) is 11.1 Å². The number of hydrogen-bond donors (Lipinski definition) is 2. The lowest BCUT2D eigenvalue weighted by molar-refractivity contribution is -0.328. The number of halogens is 4. The fraction of sp³-hybridized carbons (Fsp3) is 0.560. The highest BCUT2D eigenvalue weighted by Crippen LogP contribution is 2.65. The molecular formula is C25H26ClF3N4O5. The summed E-state index contributed by atoms with van der Waals surface area (Å²) in [6, 6.07) is 4.92.